The monoisotopic (exact) mass is 273 g/mol. The van der Waals surface area contributed by atoms with Gasteiger partial charge in [0.25, 0.3) is 0 Å². The van der Waals surface area contributed by atoms with Gasteiger partial charge >= 0.3 is 0 Å². The van der Waals surface area contributed by atoms with Gasteiger partial charge in [0.1, 0.15) is 5.75 Å². The highest BCUT2D eigenvalue weighted by atomic mass is 32.1. The molecule has 0 unspecified atom stereocenters. The van der Waals surface area contributed by atoms with E-state index in [1.165, 1.54) is 10.4 Å². The summed E-state index contributed by atoms with van der Waals surface area (Å²) in [4.78, 5) is 5.69. The number of aromatic nitrogens is 2. The zero-order chi connectivity index (χ0) is 13.4. The lowest BCUT2D eigenvalue weighted by Gasteiger charge is -2.06. The third-order valence-electron chi connectivity index (χ3n) is 3.25. The summed E-state index contributed by atoms with van der Waals surface area (Å²) in [6, 6.07) is 7.93. The highest BCUT2D eigenvalue weighted by molar-refractivity contribution is 7.10. The van der Waals surface area contributed by atoms with Gasteiger partial charge < -0.3 is 15.0 Å². The number of hydrogen-bond acceptors (Lipinski definition) is 4. The van der Waals surface area contributed by atoms with Gasteiger partial charge in [-0.15, -0.1) is 11.3 Å². The van der Waals surface area contributed by atoms with Crippen molar-refractivity contribution >= 4 is 28.3 Å². The predicted molar refractivity (Wildman–Crippen MR) is 78.9 cm³/mol. The Bertz CT molecular complexity index is 729. The molecule has 98 valence electrons. The van der Waals surface area contributed by atoms with Crippen LogP contribution in [0.2, 0.25) is 0 Å². The second-order valence-corrected chi connectivity index (χ2v) is 5.44. The molecule has 0 aliphatic rings. The van der Waals surface area contributed by atoms with E-state index in [-0.39, 0.29) is 0 Å². The first-order valence-electron chi connectivity index (χ1n) is 6.02. The molecule has 0 bridgehead atoms. The zero-order valence-electron chi connectivity index (χ0n) is 10.9. The summed E-state index contributed by atoms with van der Waals surface area (Å²) >= 11 is 1.74. The lowest BCUT2D eigenvalue weighted by Crippen LogP contribution is -2.04. The first-order chi connectivity index (χ1) is 9.19. The molecule has 0 amide bonds. The second-order valence-electron chi connectivity index (χ2n) is 4.44. The summed E-state index contributed by atoms with van der Waals surface area (Å²) in [5.74, 6) is 1.35. The van der Waals surface area contributed by atoms with Crippen molar-refractivity contribution in [2.24, 2.45) is 0 Å². The number of anilines is 1. The van der Waals surface area contributed by atoms with Crippen LogP contribution in [0, 0.1) is 6.92 Å². The molecule has 0 radical (unpaired) electrons. The van der Waals surface area contributed by atoms with Gasteiger partial charge in [-0.1, -0.05) is 0 Å². The van der Waals surface area contributed by atoms with Crippen molar-refractivity contribution in [3.8, 4) is 5.75 Å². The third-order valence-corrected chi connectivity index (χ3v) is 4.26. The average Bonchev–Trinajstić information content (AvgIpc) is 2.94. The number of nitrogens with zero attached hydrogens (tertiary/aromatic N) is 2. The van der Waals surface area contributed by atoms with E-state index in [4.69, 9.17) is 10.5 Å². The molecule has 5 heteroatoms. The summed E-state index contributed by atoms with van der Waals surface area (Å²) in [6.45, 7) is 2.86. The van der Waals surface area contributed by atoms with Crippen molar-refractivity contribution < 1.29 is 4.74 Å². The van der Waals surface area contributed by atoms with Gasteiger partial charge in [-0.3, -0.25) is 0 Å². The molecular weight excluding hydrogens is 258 g/mol. The van der Waals surface area contributed by atoms with Gasteiger partial charge in [-0.25, -0.2) is 4.98 Å². The minimum absolute atomic E-state index is 0.538. The molecular formula is C14H15N3OS. The normalized spacial score (nSPS) is 11.1. The van der Waals surface area contributed by atoms with E-state index in [1.54, 1.807) is 18.4 Å². The van der Waals surface area contributed by atoms with Crippen LogP contribution in [-0.4, -0.2) is 16.7 Å². The average molecular weight is 273 g/mol. The molecule has 2 heterocycles. The molecule has 4 nitrogen and oxygen atoms in total. The highest BCUT2D eigenvalue weighted by Crippen LogP contribution is 2.26. The van der Waals surface area contributed by atoms with Gasteiger partial charge in [0.2, 0.25) is 5.95 Å². The molecule has 1 aromatic carbocycles. The molecule has 0 atom stereocenters. The molecule has 0 fully saturated rings. The lowest BCUT2D eigenvalue weighted by atomic mass is 10.2. The Morgan fingerprint density at radius 3 is 2.89 bits per heavy atom. The Morgan fingerprint density at radius 2 is 2.21 bits per heavy atom. The number of methoxy groups -OCH3 is 1. The summed E-state index contributed by atoms with van der Waals surface area (Å²) in [7, 11) is 1.66. The number of ether oxygens (including phenoxy) is 1. The summed E-state index contributed by atoms with van der Waals surface area (Å²) in [5.41, 5.74) is 9.21. The van der Waals surface area contributed by atoms with E-state index in [0.717, 1.165) is 23.3 Å². The number of nitrogens with two attached hydrogens (primary N) is 1. The van der Waals surface area contributed by atoms with E-state index < -0.39 is 0 Å². The molecule has 0 spiro atoms. The van der Waals surface area contributed by atoms with Crippen molar-refractivity contribution in [3.63, 3.8) is 0 Å². The molecule has 0 saturated carbocycles. The number of hydrogen-bond donors (Lipinski definition) is 1. The molecule has 19 heavy (non-hydrogen) atoms. The lowest BCUT2D eigenvalue weighted by molar-refractivity contribution is 0.415. The molecule has 2 N–H and O–H groups in total. The maximum Gasteiger partial charge on any atom is 0.201 e. The number of fused-ring (bicyclic) bond motifs is 1. The Hall–Kier alpha value is -2.01. The van der Waals surface area contributed by atoms with Crippen molar-refractivity contribution in [3.05, 3.63) is 40.1 Å². The van der Waals surface area contributed by atoms with Crippen LogP contribution in [-0.2, 0) is 6.54 Å². The highest BCUT2D eigenvalue weighted by Gasteiger charge is 2.11. The van der Waals surface area contributed by atoms with Crippen LogP contribution >= 0.6 is 11.3 Å². The maximum atomic E-state index is 6.03. The van der Waals surface area contributed by atoms with E-state index in [0.29, 0.717) is 5.95 Å². The SMILES string of the molecule is COc1ccc2nc(N)n(Cc3sccc3C)c2c1. The molecule has 3 aromatic rings. The van der Waals surface area contributed by atoms with Crippen molar-refractivity contribution in [1.82, 2.24) is 9.55 Å². The number of nitrogen functional groups attached to an aromatic ring is 1. The molecule has 0 aliphatic heterocycles. The van der Waals surface area contributed by atoms with Crippen LogP contribution in [0.15, 0.2) is 29.6 Å². The number of thiophene rings is 1. The maximum absolute atomic E-state index is 6.03. The Balaban J connectivity index is 2.11. The Labute approximate surface area is 115 Å². The zero-order valence-corrected chi connectivity index (χ0v) is 11.7. The largest absolute Gasteiger partial charge is 0.497 e. The van der Waals surface area contributed by atoms with Crippen LogP contribution in [0.3, 0.4) is 0 Å². The fraction of sp³-hybridized carbons (Fsp3) is 0.214. The minimum atomic E-state index is 0.538. The predicted octanol–water partition coefficient (Wildman–Crippen LogP) is 3.05. The van der Waals surface area contributed by atoms with Gasteiger partial charge in [0.15, 0.2) is 0 Å². The topological polar surface area (TPSA) is 53.1 Å². The van der Waals surface area contributed by atoms with Crippen molar-refractivity contribution in [2.75, 3.05) is 12.8 Å². The van der Waals surface area contributed by atoms with Crippen LogP contribution < -0.4 is 10.5 Å². The van der Waals surface area contributed by atoms with E-state index in [2.05, 4.69) is 23.4 Å². The standard InChI is InChI=1S/C14H15N3OS/c1-9-5-6-19-13(9)8-17-12-7-10(18-2)3-4-11(12)16-14(17)15/h3-7H,8H2,1-2H3,(H2,15,16). The number of imidazole rings is 1. The van der Waals surface area contributed by atoms with Gasteiger partial charge in [0, 0.05) is 10.9 Å². The first kappa shape index (κ1) is 12.0. The summed E-state index contributed by atoms with van der Waals surface area (Å²) in [6.07, 6.45) is 0. The molecule has 2 aromatic heterocycles. The van der Waals surface area contributed by atoms with E-state index in [1.807, 2.05) is 22.8 Å². The van der Waals surface area contributed by atoms with E-state index in [9.17, 15) is 0 Å². The molecule has 0 aliphatic carbocycles. The minimum Gasteiger partial charge on any atom is -0.497 e. The fourth-order valence-electron chi connectivity index (χ4n) is 2.12. The van der Waals surface area contributed by atoms with Gasteiger partial charge in [0.05, 0.1) is 24.7 Å². The first-order valence-corrected chi connectivity index (χ1v) is 6.89. The van der Waals surface area contributed by atoms with E-state index >= 15 is 0 Å². The Morgan fingerprint density at radius 1 is 1.37 bits per heavy atom. The summed E-state index contributed by atoms with van der Waals surface area (Å²) < 4.78 is 7.29. The summed E-state index contributed by atoms with van der Waals surface area (Å²) in [5, 5.41) is 2.10. The van der Waals surface area contributed by atoms with Crippen molar-refractivity contribution in [1.29, 1.82) is 0 Å². The van der Waals surface area contributed by atoms with Gasteiger partial charge in [-0.2, -0.15) is 0 Å². The smallest absolute Gasteiger partial charge is 0.201 e. The number of benzene rings is 1. The van der Waals surface area contributed by atoms with Crippen LogP contribution in [0.4, 0.5) is 5.95 Å². The molecule has 3 rings (SSSR count). The van der Waals surface area contributed by atoms with Gasteiger partial charge in [-0.05, 0) is 36.1 Å². The number of rotatable bonds is 3. The second kappa shape index (κ2) is 4.59. The van der Waals surface area contributed by atoms with Crippen molar-refractivity contribution in [2.45, 2.75) is 13.5 Å². The Kier molecular flexibility index (Phi) is 2.91. The van der Waals surface area contributed by atoms with Crippen LogP contribution in [0.25, 0.3) is 11.0 Å². The third kappa shape index (κ3) is 2.06. The fourth-order valence-corrected chi connectivity index (χ4v) is 3.02. The van der Waals surface area contributed by atoms with Crippen LogP contribution in [0.1, 0.15) is 10.4 Å². The van der Waals surface area contributed by atoms with Crippen LogP contribution in [0.5, 0.6) is 5.75 Å². The molecule has 0 saturated heterocycles. The quantitative estimate of drug-likeness (QED) is 0.798. The number of aryl methyl sites for hydroxylation is 1.